The fourth-order valence-electron chi connectivity index (χ4n) is 4.19. The lowest BCUT2D eigenvalue weighted by atomic mass is 9.95. The number of hydrogen-bond donors (Lipinski definition) is 1. The van der Waals surface area contributed by atoms with E-state index in [1.165, 1.54) is 0 Å². The summed E-state index contributed by atoms with van der Waals surface area (Å²) in [6, 6.07) is 24.9. The highest BCUT2D eigenvalue weighted by Gasteiger charge is 2.27. The average Bonchev–Trinajstić information content (AvgIpc) is 2.84. The van der Waals surface area contributed by atoms with Gasteiger partial charge in [-0.2, -0.15) is 0 Å². The van der Waals surface area contributed by atoms with Crippen molar-refractivity contribution in [2.45, 2.75) is 32.2 Å². The van der Waals surface area contributed by atoms with Gasteiger partial charge in [0.2, 0.25) is 5.91 Å². The zero-order valence-electron chi connectivity index (χ0n) is 18.7. The largest absolute Gasteiger partial charge is 0.326 e. The SMILES string of the molecule is CCC(C(=O)Nc1ccc(N2CCCN(Cc3ccc(Cl)cc3)C2=O)cc1)c1ccccc1. The molecule has 0 aromatic heterocycles. The van der Waals surface area contributed by atoms with E-state index < -0.39 is 0 Å². The number of urea groups is 1. The number of rotatable bonds is 7. The Morgan fingerprint density at radius 1 is 0.970 bits per heavy atom. The van der Waals surface area contributed by atoms with Gasteiger partial charge in [-0.05, 0) is 60.4 Å². The number of carbonyl (C=O) groups is 2. The van der Waals surface area contributed by atoms with Crippen LogP contribution in [0.3, 0.4) is 0 Å². The summed E-state index contributed by atoms with van der Waals surface area (Å²) in [4.78, 5) is 29.6. The van der Waals surface area contributed by atoms with Crippen LogP contribution in [0, 0.1) is 0 Å². The summed E-state index contributed by atoms with van der Waals surface area (Å²) in [7, 11) is 0. The standard InChI is InChI=1S/C27H28ClN3O2/c1-2-25(21-7-4-3-5-8-21)26(32)29-23-13-15-24(16-14-23)31-18-6-17-30(27(31)33)19-20-9-11-22(28)12-10-20/h3-5,7-16,25H,2,6,17-19H2,1H3,(H,29,32). The lowest BCUT2D eigenvalue weighted by molar-refractivity contribution is -0.117. The van der Waals surface area contributed by atoms with Crippen molar-refractivity contribution in [3.05, 3.63) is 95.0 Å². The first-order valence-electron chi connectivity index (χ1n) is 11.3. The number of amides is 3. The highest BCUT2D eigenvalue weighted by Crippen LogP contribution is 2.25. The molecule has 0 spiro atoms. The number of anilines is 2. The van der Waals surface area contributed by atoms with Crippen LogP contribution in [0.5, 0.6) is 0 Å². The molecule has 3 aromatic rings. The van der Waals surface area contributed by atoms with Crippen molar-refractivity contribution in [3.63, 3.8) is 0 Å². The summed E-state index contributed by atoms with van der Waals surface area (Å²) in [6.45, 7) is 3.97. The van der Waals surface area contributed by atoms with Gasteiger partial charge in [0, 0.05) is 36.0 Å². The van der Waals surface area contributed by atoms with Crippen LogP contribution in [0.1, 0.15) is 36.8 Å². The van der Waals surface area contributed by atoms with E-state index in [1.54, 1.807) is 4.90 Å². The molecule has 1 N–H and O–H groups in total. The molecule has 3 aromatic carbocycles. The van der Waals surface area contributed by atoms with E-state index in [4.69, 9.17) is 11.6 Å². The first-order chi connectivity index (χ1) is 16.0. The molecule has 1 aliphatic rings. The lowest BCUT2D eigenvalue weighted by Crippen LogP contribution is -2.49. The molecule has 1 saturated heterocycles. The zero-order valence-corrected chi connectivity index (χ0v) is 19.5. The first kappa shape index (κ1) is 22.9. The van der Waals surface area contributed by atoms with Crippen LogP contribution in [-0.2, 0) is 11.3 Å². The van der Waals surface area contributed by atoms with Crippen LogP contribution in [0.15, 0.2) is 78.9 Å². The van der Waals surface area contributed by atoms with Crippen LogP contribution in [0.25, 0.3) is 0 Å². The highest BCUT2D eigenvalue weighted by atomic mass is 35.5. The smallest absolute Gasteiger partial charge is 0.324 e. The van der Waals surface area contributed by atoms with Gasteiger partial charge in [0.05, 0.1) is 5.92 Å². The number of hydrogen-bond acceptors (Lipinski definition) is 2. The second kappa shape index (κ2) is 10.5. The van der Waals surface area contributed by atoms with Gasteiger partial charge in [0.15, 0.2) is 0 Å². The molecule has 170 valence electrons. The van der Waals surface area contributed by atoms with Gasteiger partial charge in [-0.15, -0.1) is 0 Å². The molecule has 3 amide bonds. The van der Waals surface area contributed by atoms with Crippen LogP contribution < -0.4 is 10.2 Å². The number of carbonyl (C=O) groups excluding carboxylic acids is 2. The van der Waals surface area contributed by atoms with E-state index in [2.05, 4.69) is 5.32 Å². The number of nitrogens with one attached hydrogen (secondary N) is 1. The fraction of sp³-hybridized carbons (Fsp3) is 0.259. The van der Waals surface area contributed by atoms with Crippen molar-refractivity contribution in [2.75, 3.05) is 23.3 Å². The third kappa shape index (κ3) is 5.55. The van der Waals surface area contributed by atoms with Crippen molar-refractivity contribution in [1.29, 1.82) is 0 Å². The topological polar surface area (TPSA) is 52.7 Å². The van der Waals surface area contributed by atoms with Gasteiger partial charge in [-0.3, -0.25) is 9.69 Å². The Morgan fingerprint density at radius 3 is 2.33 bits per heavy atom. The van der Waals surface area contributed by atoms with Crippen molar-refractivity contribution in [3.8, 4) is 0 Å². The van der Waals surface area contributed by atoms with Crippen LogP contribution in [-0.4, -0.2) is 29.9 Å². The molecular formula is C27H28ClN3O2. The van der Waals surface area contributed by atoms with E-state index in [0.29, 0.717) is 18.1 Å². The van der Waals surface area contributed by atoms with Crippen molar-refractivity contribution in [2.24, 2.45) is 0 Å². The van der Waals surface area contributed by atoms with E-state index in [1.807, 2.05) is 90.7 Å². The maximum Gasteiger partial charge on any atom is 0.324 e. The molecule has 0 aliphatic carbocycles. The van der Waals surface area contributed by atoms with Gasteiger partial charge in [0.1, 0.15) is 0 Å². The Morgan fingerprint density at radius 2 is 1.67 bits per heavy atom. The summed E-state index contributed by atoms with van der Waals surface area (Å²) in [5.74, 6) is -0.226. The minimum atomic E-state index is -0.198. The molecule has 6 heteroatoms. The molecule has 1 unspecified atom stereocenters. The fourth-order valence-corrected chi connectivity index (χ4v) is 4.32. The molecule has 33 heavy (non-hydrogen) atoms. The van der Waals surface area contributed by atoms with Crippen LogP contribution >= 0.6 is 11.6 Å². The summed E-state index contributed by atoms with van der Waals surface area (Å²) in [5, 5.41) is 3.70. The quantitative estimate of drug-likeness (QED) is 0.448. The maximum absolute atomic E-state index is 13.1. The third-order valence-electron chi connectivity index (χ3n) is 5.97. The molecule has 1 heterocycles. The Bertz CT molecular complexity index is 1080. The van der Waals surface area contributed by atoms with Gasteiger partial charge in [-0.25, -0.2) is 4.79 Å². The molecule has 4 rings (SSSR count). The van der Waals surface area contributed by atoms with Crippen molar-refractivity contribution in [1.82, 2.24) is 4.90 Å². The molecule has 5 nitrogen and oxygen atoms in total. The van der Waals surface area contributed by atoms with Gasteiger partial charge in [-0.1, -0.05) is 61.0 Å². The predicted molar refractivity (Wildman–Crippen MR) is 134 cm³/mol. The molecule has 1 aliphatic heterocycles. The van der Waals surface area contributed by atoms with Gasteiger partial charge < -0.3 is 10.2 Å². The average molecular weight is 462 g/mol. The summed E-state index contributed by atoms with van der Waals surface area (Å²) >= 11 is 5.97. The molecule has 0 bridgehead atoms. The Kier molecular flexibility index (Phi) is 7.30. The predicted octanol–water partition coefficient (Wildman–Crippen LogP) is 6.30. The minimum Gasteiger partial charge on any atom is -0.326 e. The Balaban J connectivity index is 1.41. The molecule has 1 fully saturated rings. The second-order valence-electron chi connectivity index (χ2n) is 8.24. The number of benzene rings is 3. The Labute approximate surface area is 200 Å². The monoisotopic (exact) mass is 461 g/mol. The molecule has 0 radical (unpaired) electrons. The number of halogens is 1. The van der Waals surface area contributed by atoms with Gasteiger partial charge in [0.25, 0.3) is 0 Å². The molecule has 1 atom stereocenters. The van der Waals surface area contributed by atoms with Crippen molar-refractivity contribution < 1.29 is 9.59 Å². The molecular weight excluding hydrogens is 434 g/mol. The maximum atomic E-state index is 13.1. The van der Waals surface area contributed by atoms with Crippen LogP contribution in [0.2, 0.25) is 5.02 Å². The Hall–Kier alpha value is -3.31. The van der Waals surface area contributed by atoms with Crippen molar-refractivity contribution >= 4 is 34.9 Å². The zero-order chi connectivity index (χ0) is 23.2. The molecule has 0 saturated carbocycles. The second-order valence-corrected chi connectivity index (χ2v) is 8.68. The van der Waals surface area contributed by atoms with E-state index in [-0.39, 0.29) is 17.9 Å². The summed E-state index contributed by atoms with van der Waals surface area (Å²) in [5.41, 5.74) is 3.61. The summed E-state index contributed by atoms with van der Waals surface area (Å²) < 4.78 is 0. The normalized spacial score (nSPS) is 14.8. The number of nitrogens with zero attached hydrogens (tertiary/aromatic N) is 2. The lowest BCUT2D eigenvalue weighted by Gasteiger charge is -2.35. The minimum absolute atomic E-state index is 0.0110. The third-order valence-corrected chi connectivity index (χ3v) is 6.22. The first-order valence-corrected chi connectivity index (χ1v) is 11.7. The van der Waals surface area contributed by atoms with Gasteiger partial charge >= 0.3 is 6.03 Å². The van der Waals surface area contributed by atoms with Crippen LogP contribution in [0.4, 0.5) is 16.2 Å². The highest BCUT2D eigenvalue weighted by molar-refractivity contribution is 6.30. The van der Waals surface area contributed by atoms with E-state index in [0.717, 1.165) is 41.9 Å². The summed E-state index contributed by atoms with van der Waals surface area (Å²) in [6.07, 6.45) is 1.62. The van der Waals surface area contributed by atoms with E-state index in [9.17, 15) is 9.59 Å². The van der Waals surface area contributed by atoms with E-state index >= 15 is 0 Å².